The molecule has 1 aliphatic heterocycles. The molecule has 0 aliphatic carbocycles. The summed E-state index contributed by atoms with van der Waals surface area (Å²) in [6.45, 7) is 5.17. The first-order valence-electron chi connectivity index (χ1n) is 9.21. The third-order valence-electron chi connectivity index (χ3n) is 4.74. The average molecular weight is 396 g/mol. The van der Waals surface area contributed by atoms with E-state index in [9.17, 15) is 18.0 Å². The second-order valence-corrected chi connectivity index (χ2v) is 7.31. The summed E-state index contributed by atoms with van der Waals surface area (Å²) in [7, 11) is 0. The highest BCUT2D eigenvalue weighted by molar-refractivity contribution is 5.78. The molecular weight excluding hydrogens is 373 g/mol. The first-order valence-corrected chi connectivity index (χ1v) is 9.21. The Morgan fingerprint density at radius 2 is 2.14 bits per heavy atom. The van der Waals surface area contributed by atoms with Gasteiger partial charge in [0.2, 0.25) is 11.8 Å². The highest BCUT2D eigenvalue weighted by Gasteiger charge is 2.30. The summed E-state index contributed by atoms with van der Waals surface area (Å²) in [4.78, 5) is 17.8. The van der Waals surface area contributed by atoms with Crippen molar-refractivity contribution < 1.29 is 22.5 Å². The minimum atomic E-state index is -4.38. The second kappa shape index (κ2) is 8.30. The molecule has 0 saturated carbocycles. The SMILES string of the molecule is CC(C)N(Cc1nc(Cc2cccc(C(F)(F)F)c2)no1)CC1CCC(=O)N1. The average Bonchev–Trinajstić information content (AvgIpc) is 3.22. The van der Waals surface area contributed by atoms with Crippen LogP contribution in [0.5, 0.6) is 0 Å². The van der Waals surface area contributed by atoms with Gasteiger partial charge in [-0.2, -0.15) is 18.2 Å². The summed E-state index contributed by atoms with van der Waals surface area (Å²) < 4.78 is 43.8. The van der Waals surface area contributed by atoms with E-state index in [0.717, 1.165) is 18.6 Å². The van der Waals surface area contributed by atoms with Crippen LogP contribution in [0.25, 0.3) is 0 Å². The van der Waals surface area contributed by atoms with Crippen LogP contribution in [-0.2, 0) is 23.9 Å². The third-order valence-corrected chi connectivity index (χ3v) is 4.74. The second-order valence-electron chi connectivity index (χ2n) is 7.31. The quantitative estimate of drug-likeness (QED) is 0.779. The summed E-state index contributed by atoms with van der Waals surface area (Å²) in [6, 6.07) is 5.41. The lowest BCUT2D eigenvalue weighted by Gasteiger charge is -2.27. The number of hydrogen-bond donors (Lipinski definition) is 1. The van der Waals surface area contributed by atoms with Crippen LogP contribution in [0.2, 0.25) is 0 Å². The van der Waals surface area contributed by atoms with Gasteiger partial charge in [0, 0.05) is 31.5 Å². The number of alkyl halides is 3. The molecule has 1 aromatic heterocycles. The van der Waals surface area contributed by atoms with Crippen LogP contribution in [0.15, 0.2) is 28.8 Å². The minimum Gasteiger partial charge on any atom is -0.352 e. The van der Waals surface area contributed by atoms with Gasteiger partial charge in [-0.25, -0.2) is 0 Å². The van der Waals surface area contributed by atoms with Crippen LogP contribution in [0, 0.1) is 0 Å². The van der Waals surface area contributed by atoms with Gasteiger partial charge in [-0.05, 0) is 31.9 Å². The van der Waals surface area contributed by atoms with Crippen molar-refractivity contribution in [3.05, 3.63) is 47.1 Å². The number of halogens is 3. The molecule has 0 bridgehead atoms. The Morgan fingerprint density at radius 1 is 1.36 bits per heavy atom. The fourth-order valence-electron chi connectivity index (χ4n) is 3.20. The smallest absolute Gasteiger partial charge is 0.352 e. The molecule has 1 N–H and O–H groups in total. The molecule has 0 spiro atoms. The Morgan fingerprint density at radius 3 is 2.79 bits per heavy atom. The van der Waals surface area contributed by atoms with Crippen molar-refractivity contribution in [1.82, 2.24) is 20.4 Å². The molecule has 1 saturated heterocycles. The normalized spacial score (nSPS) is 17.5. The Balaban J connectivity index is 1.63. The maximum absolute atomic E-state index is 12.8. The van der Waals surface area contributed by atoms with E-state index in [-0.39, 0.29) is 24.4 Å². The molecule has 1 amide bonds. The third kappa shape index (κ3) is 5.31. The summed E-state index contributed by atoms with van der Waals surface area (Å²) in [6.07, 6.45) is -2.88. The molecule has 2 aromatic rings. The molecule has 0 radical (unpaired) electrons. The Hall–Kier alpha value is -2.42. The molecule has 2 heterocycles. The van der Waals surface area contributed by atoms with E-state index < -0.39 is 11.7 Å². The van der Waals surface area contributed by atoms with Gasteiger partial charge in [-0.15, -0.1) is 0 Å². The fourth-order valence-corrected chi connectivity index (χ4v) is 3.20. The lowest BCUT2D eigenvalue weighted by Crippen LogP contribution is -2.41. The molecule has 1 atom stereocenters. The number of nitrogens with one attached hydrogen (secondary N) is 1. The van der Waals surface area contributed by atoms with Crippen LogP contribution < -0.4 is 5.32 Å². The van der Waals surface area contributed by atoms with Crippen molar-refractivity contribution in [2.45, 2.75) is 57.9 Å². The lowest BCUT2D eigenvalue weighted by molar-refractivity contribution is -0.137. The maximum atomic E-state index is 12.8. The van der Waals surface area contributed by atoms with E-state index in [1.807, 2.05) is 13.8 Å². The number of benzene rings is 1. The molecule has 9 heteroatoms. The number of carbonyl (C=O) groups is 1. The van der Waals surface area contributed by atoms with Crippen molar-refractivity contribution in [3.8, 4) is 0 Å². The zero-order chi connectivity index (χ0) is 20.3. The van der Waals surface area contributed by atoms with E-state index >= 15 is 0 Å². The molecule has 152 valence electrons. The largest absolute Gasteiger partial charge is 0.416 e. The standard InChI is InChI=1S/C19H23F3N4O2/c1-12(2)26(10-15-6-7-17(27)23-15)11-18-24-16(25-28-18)9-13-4-3-5-14(8-13)19(20,21)22/h3-5,8,12,15H,6-7,9-11H2,1-2H3,(H,23,27). The molecule has 1 aliphatic rings. The Bertz CT molecular complexity index is 820. The first kappa shape index (κ1) is 20.3. The molecule has 3 rings (SSSR count). The van der Waals surface area contributed by atoms with Crippen molar-refractivity contribution in [1.29, 1.82) is 0 Å². The van der Waals surface area contributed by atoms with Gasteiger partial charge in [-0.1, -0.05) is 23.4 Å². The zero-order valence-electron chi connectivity index (χ0n) is 15.8. The summed E-state index contributed by atoms with van der Waals surface area (Å²) in [5.41, 5.74) is -0.227. The number of nitrogens with zero attached hydrogens (tertiary/aromatic N) is 3. The zero-order valence-corrected chi connectivity index (χ0v) is 15.8. The number of amides is 1. The van der Waals surface area contributed by atoms with Crippen molar-refractivity contribution in [2.24, 2.45) is 0 Å². The van der Waals surface area contributed by atoms with Gasteiger partial charge in [0.15, 0.2) is 5.82 Å². The summed E-state index contributed by atoms with van der Waals surface area (Å²) >= 11 is 0. The van der Waals surface area contributed by atoms with Gasteiger partial charge in [-0.3, -0.25) is 9.69 Å². The molecular formula is C19H23F3N4O2. The first-order chi connectivity index (χ1) is 13.2. The number of rotatable bonds is 7. The predicted octanol–water partition coefficient (Wildman–Crippen LogP) is 3.17. The Labute approximate surface area is 161 Å². The maximum Gasteiger partial charge on any atom is 0.416 e. The lowest BCUT2D eigenvalue weighted by atomic mass is 10.1. The van der Waals surface area contributed by atoms with Gasteiger partial charge >= 0.3 is 6.18 Å². The van der Waals surface area contributed by atoms with Gasteiger partial charge in [0.25, 0.3) is 0 Å². The van der Waals surface area contributed by atoms with E-state index in [0.29, 0.717) is 36.8 Å². The number of aromatic nitrogens is 2. The van der Waals surface area contributed by atoms with Crippen LogP contribution in [0.1, 0.15) is 49.5 Å². The van der Waals surface area contributed by atoms with Gasteiger partial charge in [0.05, 0.1) is 12.1 Å². The summed E-state index contributed by atoms with van der Waals surface area (Å²) in [5, 5.41) is 6.84. The highest BCUT2D eigenvalue weighted by Crippen LogP contribution is 2.29. The van der Waals surface area contributed by atoms with Gasteiger partial charge < -0.3 is 9.84 Å². The monoisotopic (exact) mass is 396 g/mol. The van der Waals surface area contributed by atoms with E-state index in [1.165, 1.54) is 6.07 Å². The van der Waals surface area contributed by atoms with E-state index in [4.69, 9.17) is 4.52 Å². The number of carbonyl (C=O) groups excluding carboxylic acids is 1. The van der Waals surface area contributed by atoms with E-state index in [1.54, 1.807) is 6.07 Å². The molecule has 1 fully saturated rings. The fraction of sp³-hybridized carbons (Fsp3) is 0.526. The van der Waals surface area contributed by atoms with Gasteiger partial charge in [0.1, 0.15) is 0 Å². The molecule has 28 heavy (non-hydrogen) atoms. The van der Waals surface area contributed by atoms with Crippen molar-refractivity contribution >= 4 is 5.91 Å². The van der Waals surface area contributed by atoms with E-state index in [2.05, 4.69) is 20.4 Å². The topological polar surface area (TPSA) is 71.3 Å². The van der Waals surface area contributed by atoms with Crippen molar-refractivity contribution in [3.63, 3.8) is 0 Å². The minimum absolute atomic E-state index is 0.0647. The summed E-state index contributed by atoms with van der Waals surface area (Å²) in [5.74, 6) is 0.807. The van der Waals surface area contributed by atoms with Crippen LogP contribution >= 0.6 is 0 Å². The molecule has 1 unspecified atom stereocenters. The Kier molecular flexibility index (Phi) is 6.02. The van der Waals surface area contributed by atoms with Crippen LogP contribution in [0.4, 0.5) is 13.2 Å². The van der Waals surface area contributed by atoms with Crippen LogP contribution in [-0.4, -0.2) is 39.6 Å². The number of hydrogen-bond acceptors (Lipinski definition) is 5. The molecule has 6 nitrogen and oxygen atoms in total. The van der Waals surface area contributed by atoms with Crippen molar-refractivity contribution in [2.75, 3.05) is 6.54 Å². The molecule has 1 aromatic carbocycles. The van der Waals surface area contributed by atoms with Crippen LogP contribution in [0.3, 0.4) is 0 Å². The predicted molar refractivity (Wildman–Crippen MR) is 95.3 cm³/mol. The highest BCUT2D eigenvalue weighted by atomic mass is 19.4.